The minimum atomic E-state index is -0.145. The van der Waals surface area contributed by atoms with Gasteiger partial charge in [-0.1, -0.05) is 0 Å². The van der Waals surface area contributed by atoms with Crippen molar-refractivity contribution < 1.29 is 9.53 Å². The molecule has 1 heterocycles. The highest BCUT2D eigenvalue weighted by Crippen LogP contribution is 2.20. The van der Waals surface area contributed by atoms with Crippen LogP contribution in [0.3, 0.4) is 0 Å². The molecule has 2 nitrogen and oxygen atoms in total. The van der Waals surface area contributed by atoms with Crippen molar-refractivity contribution in [3.8, 4) is 0 Å². The van der Waals surface area contributed by atoms with Crippen LogP contribution in [0.4, 0.5) is 0 Å². The fourth-order valence-corrected chi connectivity index (χ4v) is 2.25. The molecule has 0 aliphatic heterocycles. The van der Waals surface area contributed by atoms with Crippen LogP contribution in [0, 0.1) is 0 Å². The molecule has 0 aliphatic rings. The third kappa shape index (κ3) is 3.28. The number of carbonyl (C=O) groups is 1. The first kappa shape index (κ1) is 9.61. The third-order valence-electron chi connectivity index (χ3n) is 1.16. The fraction of sp³-hybridized carbons (Fsp3) is 0.375. The van der Waals surface area contributed by atoms with Crippen LogP contribution in [0.2, 0.25) is 0 Å². The quantitative estimate of drug-likeness (QED) is 0.554. The smallest absolute Gasteiger partial charge is 0.316 e. The maximum Gasteiger partial charge on any atom is 0.316 e. The van der Waals surface area contributed by atoms with Crippen LogP contribution < -0.4 is 0 Å². The first-order chi connectivity index (χ1) is 5.83. The van der Waals surface area contributed by atoms with Crippen molar-refractivity contribution in [2.75, 3.05) is 12.4 Å². The lowest BCUT2D eigenvalue weighted by molar-refractivity contribution is -0.139. The Bertz CT molecular complexity index is 231. The Labute approximate surface area is 79.9 Å². The second-order valence-corrected chi connectivity index (χ2v) is 3.88. The van der Waals surface area contributed by atoms with Gasteiger partial charge in [-0.05, 0) is 18.4 Å². The first-order valence-electron chi connectivity index (χ1n) is 3.63. The van der Waals surface area contributed by atoms with Gasteiger partial charge in [-0.2, -0.15) is 11.3 Å². The molecule has 0 radical (unpaired) electrons. The van der Waals surface area contributed by atoms with Gasteiger partial charge >= 0.3 is 5.97 Å². The van der Waals surface area contributed by atoms with E-state index in [0.717, 1.165) is 4.90 Å². The van der Waals surface area contributed by atoms with Crippen molar-refractivity contribution >= 4 is 29.1 Å². The van der Waals surface area contributed by atoms with E-state index in [-0.39, 0.29) is 5.97 Å². The van der Waals surface area contributed by atoms with Crippen molar-refractivity contribution in [1.29, 1.82) is 0 Å². The van der Waals surface area contributed by atoms with E-state index in [0.29, 0.717) is 12.4 Å². The largest absolute Gasteiger partial charge is 0.465 e. The van der Waals surface area contributed by atoms with Gasteiger partial charge < -0.3 is 4.74 Å². The fourth-order valence-electron chi connectivity index (χ4n) is 0.679. The molecular formula is C8H10O2S2. The van der Waals surface area contributed by atoms with Crippen molar-refractivity contribution in [3.05, 3.63) is 16.8 Å². The van der Waals surface area contributed by atoms with E-state index in [1.807, 2.05) is 23.8 Å². The topological polar surface area (TPSA) is 26.3 Å². The zero-order valence-electron chi connectivity index (χ0n) is 6.78. The van der Waals surface area contributed by atoms with Crippen LogP contribution in [-0.2, 0) is 9.53 Å². The third-order valence-corrected chi connectivity index (χ3v) is 2.96. The van der Waals surface area contributed by atoms with Crippen molar-refractivity contribution in [2.45, 2.75) is 11.8 Å². The molecule has 0 saturated carbocycles. The lowest BCUT2D eigenvalue weighted by Gasteiger charge is -1.98. The molecule has 12 heavy (non-hydrogen) atoms. The highest BCUT2D eigenvalue weighted by atomic mass is 32.2. The van der Waals surface area contributed by atoms with Crippen LogP contribution in [0.5, 0.6) is 0 Å². The van der Waals surface area contributed by atoms with Crippen molar-refractivity contribution in [1.82, 2.24) is 0 Å². The Morgan fingerprint density at radius 2 is 2.58 bits per heavy atom. The molecule has 66 valence electrons. The number of carbonyl (C=O) groups excluding carboxylic acids is 1. The van der Waals surface area contributed by atoms with Crippen LogP contribution in [0.15, 0.2) is 21.7 Å². The average molecular weight is 202 g/mol. The summed E-state index contributed by atoms with van der Waals surface area (Å²) in [5.41, 5.74) is 0. The summed E-state index contributed by atoms with van der Waals surface area (Å²) in [6.45, 7) is 2.27. The molecule has 1 rings (SSSR count). The van der Waals surface area contributed by atoms with Crippen LogP contribution in [-0.4, -0.2) is 18.3 Å². The van der Waals surface area contributed by atoms with Crippen LogP contribution in [0.25, 0.3) is 0 Å². The predicted molar refractivity (Wildman–Crippen MR) is 51.7 cm³/mol. The number of hydrogen-bond donors (Lipinski definition) is 0. The van der Waals surface area contributed by atoms with Gasteiger partial charge in [-0.15, -0.1) is 11.8 Å². The molecule has 0 unspecified atom stereocenters. The second-order valence-electron chi connectivity index (χ2n) is 2.05. The molecule has 0 saturated heterocycles. The minimum Gasteiger partial charge on any atom is -0.465 e. The van der Waals surface area contributed by atoms with Gasteiger partial charge in [0.1, 0.15) is 0 Å². The lowest BCUT2D eigenvalue weighted by Crippen LogP contribution is -2.06. The first-order valence-corrected chi connectivity index (χ1v) is 5.56. The highest BCUT2D eigenvalue weighted by Gasteiger charge is 2.02. The summed E-state index contributed by atoms with van der Waals surface area (Å²) >= 11 is 3.14. The van der Waals surface area contributed by atoms with E-state index in [1.165, 1.54) is 11.8 Å². The Morgan fingerprint density at radius 1 is 1.75 bits per heavy atom. The Morgan fingerprint density at radius 3 is 3.17 bits per heavy atom. The predicted octanol–water partition coefficient (Wildman–Crippen LogP) is 2.40. The van der Waals surface area contributed by atoms with Crippen molar-refractivity contribution in [2.24, 2.45) is 0 Å². The summed E-state index contributed by atoms with van der Waals surface area (Å²) in [5.74, 6) is 0.263. The average Bonchev–Trinajstić information content (AvgIpc) is 2.53. The Balaban J connectivity index is 2.22. The number of thiophene rings is 1. The second kappa shape index (κ2) is 5.22. The number of esters is 1. The van der Waals surface area contributed by atoms with E-state index < -0.39 is 0 Å². The zero-order valence-corrected chi connectivity index (χ0v) is 8.41. The van der Waals surface area contributed by atoms with Crippen molar-refractivity contribution in [3.63, 3.8) is 0 Å². The summed E-state index contributed by atoms with van der Waals surface area (Å²) in [7, 11) is 0. The maximum atomic E-state index is 10.9. The van der Waals surface area contributed by atoms with E-state index in [1.54, 1.807) is 11.3 Å². The molecule has 0 aliphatic carbocycles. The molecule has 0 bridgehead atoms. The van der Waals surface area contributed by atoms with Gasteiger partial charge in [0.05, 0.1) is 12.4 Å². The monoisotopic (exact) mass is 202 g/mol. The van der Waals surface area contributed by atoms with Gasteiger partial charge in [0.25, 0.3) is 0 Å². The number of thioether (sulfide) groups is 1. The Hall–Kier alpha value is -0.480. The van der Waals surface area contributed by atoms with Crippen LogP contribution >= 0.6 is 23.1 Å². The molecule has 0 atom stereocenters. The summed E-state index contributed by atoms with van der Waals surface area (Å²) in [6, 6.07) is 1.99. The van der Waals surface area contributed by atoms with E-state index in [4.69, 9.17) is 4.74 Å². The van der Waals surface area contributed by atoms with Gasteiger partial charge in [0, 0.05) is 10.3 Å². The SMILES string of the molecule is CCOC(=O)CSc1ccsc1. The molecule has 0 N–H and O–H groups in total. The maximum absolute atomic E-state index is 10.9. The van der Waals surface area contributed by atoms with Gasteiger partial charge in [-0.3, -0.25) is 4.79 Å². The normalized spacial score (nSPS) is 9.75. The van der Waals surface area contributed by atoms with Gasteiger partial charge in [0.15, 0.2) is 0 Å². The van der Waals surface area contributed by atoms with Gasteiger partial charge in [0.2, 0.25) is 0 Å². The summed E-state index contributed by atoms with van der Waals surface area (Å²) in [5, 5.41) is 4.01. The summed E-state index contributed by atoms with van der Waals surface area (Å²) in [6.07, 6.45) is 0. The zero-order chi connectivity index (χ0) is 8.81. The number of ether oxygens (including phenoxy) is 1. The summed E-state index contributed by atoms with van der Waals surface area (Å²) < 4.78 is 4.78. The molecule has 4 heteroatoms. The Kier molecular flexibility index (Phi) is 4.18. The molecule has 0 amide bonds. The van der Waals surface area contributed by atoms with Gasteiger partial charge in [-0.25, -0.2) is 0 Å². The summed E-state index contributed by atoms with van der Waals surface area (Å²) in [4.78, 5) is 12.0. The van der Waals surface area contributed by atoms with Crippen LogP contribution in [0.1, 0.15) is 6.92 Å². The highest BCUT2D eigenvalue weighted by molar-refractivity contribution is 8.00. The molecule has 1 aromatic heterocycles. The number of hydrogen-bond acceptors (Lipinski definition) is 4. The number of rotatable bonds is 4. The minimum absolute atomic E-state index is 0.145. The standard InChI is InChI=1S/C8H10O2S2/c1-2-10-8(9)6-12-7-3-4-11-5-7/h3-5H,2,6H2,1H3. The van der Waals surface area contributed by atoms with E-state index in [9.17, 15) is 4.79 Å². The van der Waals surface area contributed by atoms with E-state index in [2.05, 4.69) is 0 Å². The molecule has 0 spiro atoms. The molecule has 1 aromatic rings. The van der Waals surface area contributed by atoms with E-state index >= 15 is 0 Å². The lowest BCUT2D eigenvalue weighted by atomic mass is 10.7. The molecule has 0 aromatic carbocycles. The molecular weight excluding hydrogens is 192 g/mol. The molecule has 0 fully saturated rings.